The fourth-order valence-electron chi connectivity index (χ4n) is 4.05. The highest BCUT2D eigenvalue weighted by Crippen LogP contribution is 2.56. The zero-order valence-corrected chi connectivity index (χ0v) is 13.5. The van der Waals surface area contributed by atoms with Crippen molar-refractivity contribution >= 4 is 5.97 Å². The maximum absolute atomic E-state index is 10.9. The number of rotatable bonds is 4. The highest BCUT2D eigenvalue weighted by molar-refractivity contribution is 5.87. The zero-order chi connectivity index (χ0) is 15.4. The summed E-state index contributed by atoms with van der Waals surface area (Å²) in [6, 6.07) is 0. The van der Waals surface area contributed by atoms with Crippen LogP contribution in [0.1, 0.15) is 39.5 Å². The third kappa shape index (κ3) is 3.97. The van der Waals surface area contributed by atoms with E-state index in [1.807, 2.05) is 0 Å². The van der Waals surface area contributed by atoms with Crippen molar-refractivity contribution in [2.45, 2.75) is 45.6 Å². The van der Waals surface area contributed by atoms with Crippen molar-refractivity contribution in [2.24, 2.45) is 23.7 Å². The first-order chi connectivity index (χ1) is 10.0. The molecule has 0 aliphatic heterocycles. The van der Waals surface area contributed by atoms with Gasteiger partial charge in [0.2, 0.25) is 0 Å². The molecule has 0 heterocycles. The van der Waals surface area contributed by atoms with Gasteiger partial charge in [0.05, 0.1) is 6.61 Å². The molecular weight excluding hydrogens is 264 g/mol. The Morgan fingerprint density at radius 2 is 2.10 bits per heavy atom. The number of hydrogen-bond acceptors (Lipinski definition) is 3. The number of carbonyl (C=O) groups is 1. The van der Waals surface area contributed by atoms with Crippen LogP contribution in [0.3, 0.4) is 0 Å². The summed E-state index contributed by atoms with van der Waals surface area (Å²) < 4.78 is 9.67. The first-order valence-corrected chi connectivity index (χ1v) is 8.05. The molecule has 0 aromatic rings. The Morgan fingerprint density at radius 1 is 1.38 bits per heavy atom. The van der Waals surface area contributed by atoms with Crippen LogP contribution < -0.4 is 0 Å². The lowest BCUT2D eigenvalue weighted by atomic mass is 9.82. The second kappa shape index (κ2) is 7.26. The largest absolute Gasteiger partial charge is 0.457 e. The Morgan fingerprint density at radius 3 is 2.71 bits per heavy atom. The summed E-state index contributed by atoms with van der Waals surface area (Å²) in [6.45, 7) is 7.25. The molecule has 0 amide bonds. The molecule has 0 saturated heterocycles. The molecule has 0 aromatic heterocycles. The SMILES string of the molecule is C1=CC2C3CCC(C3)C2C1.C=C(C)C(=O)OC(C)COC. The van der Waals surface area contributed by atoms with Crippen molar-refractivity contribution < 1.29 is 14.3 Å². The number of methoxy groups -OCH3 is 1. The molecule has 3 aliphatic rings. The van der Waals surface area contributed by atoms with Crippen molar-refractivity contribution in [1.82, 2.24) is 0 Å². The molecule has 3 nitrogen and oxygen atoms in total. The number of esters is 1. The first-order valence-electron chi connectivity index (χ1n) is 8.05. The minimum Gasteiger partial charge on any atom is -0.457 e. The quantitative estimate of drug-likeness (QED) is 0.450. The minimum atomic E-state index is -0.366. The van der Waals surface area contributed by atoms with Crippen molar-refractivity contribution in [3.63, 3.8) is 0 Å². The van der Waals surface area contributed by atoms with Crippen LogP contribution in [0.25, 0.3) is 0 Å². The Balaban J connectivity index is 0.000000153. The van der Waals surface area contributed by atoms with Crippen LogP contribution in [0.15, 0.2) is 24.3 Å². The van der Waals surface area contributed by atoms with Crippen molar-refractivity contribution in [3.05, 3.63) is 24.3 Å². The lowest BCUT2D eigenvalue weighted by Gasteiger charge is -2.23. The standard InChI is InChI=1S/C10H14.C8H14O3/c1-2-9-7-4-5-8(6-7)10(9)3-1;1-6(2)8(9)11-7(3)5-10-4/h1-2,7-10H,3-6H2;7H,1,5H2,2-4H3. The smallest absolute Gasteiger partial charge is 0.333 e. The van der Waals surface area contributed by atoms with Gasteiger partial charge in [-0.05, 0) is 63.2 Å². The van der Waals surface area contributed by atoms with Crippen molar-refractivity contribution in [1.29, 1.82) is 0 Å². The molecule has 3 aliphatic carbocycles. The Kier molecular flexibility index (Phi) is 5.63. The summed E-state index contributed by atoms with van der Waals surface area (Å²) >= 11 is 0. The molecule has 3 heteroatoms. The van der Waals surface area contributed by atoms with E-state index in [1.165, 1.54) is 12.8 Å². The molecule has 3 rings (SSSR count). The summed E-state index contributed by atoms with van der Waals surface area (Å²) in [5.41, 5.74) is 0.410. The number of hydrogen-bond donors (Lipinski definition) is 0. The molecule has 0 N–H and O–H groups in total. The second-order valence-corrected chi connectivity index (χ2v) is 6.69. The minimum absolute atomic E-state index is 0.204. The summed E-state index contributed by atoms with van der Waals surface area (Å²) in [5.74, 6) is 3.99. The maximum Gasteiger partial charge on any atom is 0.333 e. The van der Waals surface area contributed by atoms with Crippen LogP contribution in [-0.4, -0.2) is 25.8 Å². The molecule has 118 valence electrons. The molecule has 5 atom stereocenters. The Hall–Kier alpha value is -1.09. The summed E-state index contributed by atoms with van der Waals surface area (Å²) in [6.07, 6.45) is 10.8. The summed E-state index contributed by atoms with van der Waals surface area (Å²) in [5, 5.41) is 0. The number of ether oxygens (including phenoxy) is 2. The van der Waals surface area contributed by atoms with Crippen LogP contribution in [-0.2, 0) is 14.3 Å². The van der Waals surface area contributed by atoms with E-state index in [4.69, 9.17) is 9.47 Å². The van der Waals surface area contributed by atoms with E-state index in [9.17, 15) is 4.79 Å². The molecule has 2 saturated carbocycles. The fourth-order valence-corrected chi connectivity index (χ4v) is 4.05. The van der Waals surface area contributed by atoms with E-state index in [1.54, 1.807) is 33.8 Å². The predicted octanol–water partition coefficient (Wildman–Crippen LogP) is 3.75. The van der Waals surface area contributed by atoms with Gasteiger partial charge >= 0.3 is 5.97 Å². The summed E-state index contributed by atoms with van der Waals surface area (Å²) in [7, 11) is 1.56. The van der Waals surface area contributed by atoms with Gasteiger partial charge in [-0.3, -0.25) is 0 Å². The van der Waals surface area contributed by atoms with Crippen LogP contribution in [0.4, 0.5) is 0 Å². The molecule has 0 radical (unpaired) electrons. The zero-order valence-electron chi connectivity index (χ0n) is 13.5. The average molecular weight is 292 g/mol. The molecule has 0 aromatic carbocycles. The van der Waals surface area contributed by atoms with Gasteiger partial charge in [0.15, 0.2) is 0 Å². The Labute approximate surface area is 128 Å². The lowest BCUT2D eigenvalue weighted by molar-refractivity contribution is -0.145. The van der Waals surface area contributed by atoms with Gasteiger partial charge in [-0.25, -0.2) is 4.79 Å². The van der Waals surface area contributed by atoms with E-state index in [-0.39, 0.29) is 12.1 Å². The molecule has 21 heavy (non-hydrogen) atoms. The topological polar surface area (TPSA) is 35.5 Å². The highest BCUT2D eigenvalue weighted by Gasteiger charge is 2.47. The Bertz CT molecular complexity index is 413. The van der Waals surface area contributed by atoms with Gasteiger partial charge in [-0.1, -0.05) is 18.7 Å². The average Bonchev–Trinajstić information content (AvgIpc) is 3.13. The van der Waals surface area contributed by atoms with E-state index in [2.05, 4.69) is 18.7 Å². The molecule has 2 fully saturated rings. The monoisotopic (exact) mass is 292 g/mol. The third-order valence-corrected chi connectivity index (χ3v) is 4.98. The fraction of sp³-hybridized carbons (Fsp3) is 0.722. The van der Waals surface area contributed by atoms with E-state index in [0.29, 0.717) is 12.2 Å². The molecule has 2 bridgehead atoms. The predicted molar refractivity (Wildman–Crippen MR) is 83.8 cm³/mol. The van der Waals surface area contributed by atoms with E-state index >= 15 is 0 Å². The number of allylic oxidation sites excluding steroid dienone is 2. The van der Waals surface area contributed by atoms with Gasteiger partial charge in [0.25, 0.3) is 0 Å². The molecule has 0 spiro atoms. The number of carbonyl (C=O) groups excluding carboxylic acids is 1. The van der Waals surface area contributed by atoms with Gasteiger partial charge in [0.1, 0.15) is 6.10 Å². The maximum atomic E-state index is 10.9. The van der Waals surface area contributed by atoms with Crippen LogP contribution in [0.2, 0.25) is 0 Å². The number of fused-ring (bicyclic) bond motifs is 5. The molecule has 5 unspecified atom stereocenters. The van der Waals surface area contributed by atoms with Crippen molar-refractivity contribution in [3.8, 4) is 0 Å². The second-order valence-electron chi connectivity index (χ2n) is 6.69. The van der Waals surface area contributed by atoms with Crippen molar-refractivity contribution in [2.75, 3.05) is 13.7 Å². The van der Waals surface area contributed by atoms with Gasteiger partial charge in [-0.2, -0.15) is 0 Å². The van der Waals surface area contributed by atoms with Crippen LogP contribution >= 0.6 is 0 Å². The van der Waals surface area contributed by atoms with E-state index in [0.717, 1.165) is 23.7 Å². The van der Waals surface area contributed by atoms with Gasteiger partial charge in [0, 0.05) is 12.7 Å². The molecular formula is C18H28O3. The summed E-state index contributed by atoms with van der Waals surface area (Å²) in [4.78, 5) is 10.9. The van der Waals surface area contributed by atoms with E-state index < -0.39 is 0 Å². The first kappa shape index (κ1) is 16.3. The van der Waals surface area contributed by atoms with Crippen LogP contribution in [0, 0.1) is 23.7 Å². The normalized spacial score (nSPS) is 33.1. The highest BCUT2D eigenvalue weighted by atomic mass is 16.6. The third-order valence-electron chi connectivity index (χ3n) is 4.98. The van der Waals surface area contributed by atoms with Gasteiger partial charge < -0.3 is 9.47 Å². The van der Waals surface area contributed by atoms with Crippen LogP contribution in [0.5, 0.6) is 0 Å². The van der Waals surface area contributed by atoms with Gasteiger partial charge in [-0.15, -0.1) is 0 Å². The lowest BCUT2D eigenvalue weighted by Crippen LogP contribution is -2.19.